The fourth-order valence-corrected chi connectivity index (χ4v) is 10.5. The summed E-state index contributed by atoms with van der Waals surface area (Å²) in [6.45, 7) is 4.72. The Bertz CT molecular complexity index is 3170. The Morgan fingerprint density at radius 3 is 1.71 bits per heavy atom. The first kappa shape index (κ1) is 35.2. The molecule has 1 aliphatic rings. The van der Waals surface area contributed by atoms with Crippen LogP contribution in [0.1, 0.15) is 25.0 Å². The number of benzene rings is 9. The van der Waals surface area contributed by atoms with Gasteiger partial charge in [-0.1, -0.05) is 172 Å². The summed E-state index contributed by atoms with van der Waals surface area (Å²) in [5.41, 5.74) is 18.4. The summed E-state index contributed by atoms with van der Waals surface area (Å²) < 4.78 is 2.61. The third-order valence-electron chi connectivity index (χ3n) is 12.3. The zero-order valence-electron chi connectivity index (χ0n) is 33.1. The Hall–Kier alpha value is -7.00. The van der Waals surface area contributed by atoms with Gasteiger partial charge in [0, 0.05) is 42.6 Å². The van der Waals surface area contributed by atoms with E-state index in [0.717, 1.165) is 17.1 Å². The molecule has 0 N–H and O–H groups in total. The first-order chi connectivity index (χ1) is 29.0. The fraction of sp³-hybridized carbons (Fsp3) is 0.0526. The van der Waals surface area contributed by atoms with Gasteiger partial charge in [0.25, 0.3) is 0 Å². The van der Waals surface area contributed by atoms with Crippen LogP contribution in [0, 0.1) is 0 Å². The van der Waals surface area contributed by atoms with Crippen molar-refractivity contribution in [1.29, 1.82) is 0 Å². The van der Waals surface area contributed by atoms with E-state index in [0.29, 0.717) is 0 Å². The summed E-state index contributed by atoms with van der Waals surface area (Å²) in [6, 6.07) is 78.1. The molecule has 2 heteroatoms. The van der Waals surface area contributed by atoms with E-state index in [1.165, 1.54) is 86.9 Å². The lowest BCUT2D eigenvalue weighted by molar-refractivity contribution is 0.660. The molecule has 11 rings (SSSR count). The van der Waals surface area contributed by atoms with Gasteiger partial charge in [0.1, 0.15) is 0 Å². The van der Waals surface area contributed by atoms with Crippen molar-refractivity contribution in [2.24, 2.45) is 0 Å². The SMILES string of the molecule is CC1(C)c2ccccc2-c2ccc(N(c3ccc(-c4ccc5sc6ccccc6c5c4-c4cccc(-c5ccccc5)c4)cc3)c3cccc(-c4ccccc4)c3)cc21. The summed E-state index contributed by atoms with van der Waals surface area (Å²) in [5, 5.41) is 2.62. The highest BCUT2D eigenvalue weighted by atomic mass is 32.1. The molecule has 1 aliphatic carbocycles. The van der Waals surface area contributed by atoms with Gasteiger partial charge >= 0.3 is 0 Å². The Morgan fingerprint density at radius 2 is 0.932 bits per heavy atom. The van der Waals surface area contributed by atoms with Crippen molar-refractivity contribution in [3.63, 3.8) is 0 Å². The van der Waals surface area contributed by atoms with Crippen molar-refractivity contribution in [2.75, 3.05) is 4.90 Å². The largest absolute Gasteiger partial charge is 0.310 e. The summed E-state index contributed by atoms with van der Waals surface area (Å²) in [6.07, 6.45) is 0. The highest BCUT2D eigenvalue weighted by Gasteiger charge is 2.35. The summed E-state index contributed by atoms with van der Waals surface area (Å²) >= 11 is 1.87. The minimum atomic E-state index is -0.109. The Labute approximate surface area is 350 Å². The highest BCUT2D eigenvalue weighted by Crippen LogP contribution is 2.51. The molecule has 59 heavy (non-hydrogen) atoms. The van der Waals surface area contributed by atoms with Gasteiger partial charge in [-0.25, -0.2) is 0 Å². The van der Waals surface area contributed by atoms with Crippen LogP contribution in [0.5, 0.6) is 0 Å². The molecule has 1 heterocycles. The lowest BCUT2D eigenvalue weighted by Gasteiger charge is -2.28. The van der Waals surface area contributed by atoms with Crippen molar-refractivity contribution in [3.05, 3.63) is 223 Å². The van der Waals surface area contributed by atoms with Crippen molar-refractivity contribution in [2.45, 2.75) is 19.3 Å². The molecular formula is C57H41NS. The van der Waals surface area contributed by atoms with E-state index in [1.807, 2.05) is 11.3 Å². The fourth-order valence-electron chi connectivity index (χ4n) is 9.37. The minimum Gasteiger partial charge on any atom is -0.310 e. The van der Waals surface area contributed by atoms with Gasteiger partial charge in [0.15, 0.2) is 0 Å². The molecule has 0 amide bonds. The molecule has 1 nitrogen and oxygen atoms in total. The first-order valence-electron chi connectivity index (χ1n) is 20.4. The van der Waals surface area contributed by atoms with Crippen LogP contribution in [-0.4, -0.2) is 0 Å². The van der Waals surface area contributed by atoms with Gasteiger partial charge < -0.3 is 4.90 Å². The van der Waals surface area contributed by atoms with Gasteiger partial charge in [0.2, 0.25) is 0 Å². The molecule has 0 saturated heterocycles. The molecule has 10 aromatic rings. The van der Waals surface area contributed by atoms with E-state index >= 15 is 0 Å². The Morgan fingerprint density at radius 1 is 0.356 bits per heavy atom. The normalized spacial score (nSPS) is 12.7. The first-order valence-corrected chi connectivity index (χ1v) is 21.2. The maximum atomic E-state index is 2.43. The van der Waals surface area contributed by atoms with E-state index < -0.39 is 0 Å². The number of anilines is 3. The molecule has 0 radical (unpaired) electrons. The van der Waals surface area contributed by atoms with E-state index in [2.05, 4.69) is 231 Å². The second kappa shape index (κ2) is 14.1. The summed E-state index contributed by atoms with van der Waals surface area (Å²) in [7, 11) is 0. The number of thiophene rings is 1. The van der Waals surface area contributed by atoms with E-state index in [4.69, 9.17) is 0 Å². The van der Waals surface area contributed by atoms with Gasteiger partial charge in [-0.15, -0.1) is 11.3 Å². The van der Waals surface area contributed by atoms with Crippen molar-refractivity contribution in [3.8, 4) is 55.6 Å². The third kappa shape index (κ3) is 5.99. The highest BCUT2D eigenvalue weighted by molar-refractivity contribution is 7.26. The lowest BCUT2D eigenvalue weighted by Crippen LogP contribution is -2.16. The molecule has 1 aromatic heterocycles. The minimum absolute atomic E-state index is 0.109. The summed E-state index contributed by atoms with van der Waals surface area (Å²) in [4.78, 5) is 2.43. The Balaban J connectivity index is 1.07. The standard InChI is InChI=1S/C57H41NS/c1-57(2)51-25-11-9-23-48(51)49-32-31-46(37-52(49)57)58(45-22-14-20-42(36-45)39-17-7-4-8-18-39)44-29-27-40(28-30-44)47-33-34-54-56(50-24-10-12-26-53(50)59-54)55(47)43-21-13-19-41(35-43)38-15-5-3-6-16-38/h3-37H,1-2H3. The predicted octanol–water partition coefficient (Wildman–Crippen LogP) is 16.5. The van der Waals surface area contributed by atoms with Crippen molar-refractivity contribution in [1.82, 2.24) is 0 Å². The zero-order chi connectivity index (χ0) is 39.5. The van der Waals surface area contributed by atoms with Crippen molar-refractivity contribution < 1.29 is 0 Å². The van der Waals surface area contributed by atoms with E-state index in [9.17, 15) is 0 Å². The molecule has 0 spiro atoms. The summed E-state index contributed by atoms with van der Waals surface area (Å²) in [5.74, 6) is 0. The van der Waals surface area contributed by atoms with Crippen molar-refractivity contribution >= 4 is 48.6 Å². The molecule has 9 aromatic carbocycles. The Kier molecular flexibility index (Phi) is 8.43. The van der Waals surface area contributed by atoms with Gasteiger partial charge in [-0.05, 0) is 121 Å². The third-order valence-corrected chi connectivity index (χ3v) is 13.4. The molecule has 0 bridgehead atoms. The van der Waals surface area contributed by atoms with Crippen LogP contribution in [0.4, 0.5) is 17.1 Å². The van der Waals surface area contributed by atoms with Crippen LogP contribution in [0.15, 0.2) is 212 Å². The van der Waals surface area contributed by atoms with Crippen LogP contribution >= 0.6 is 11.3 Å². The smallest absolute Gasteiger partial charge is 0.0467 e. The number of hydrogen-bond acceptors (Lipinski definition) is 2. The van der Waals surface area contributed by atoms with Gasteiger partial charge in [0.05, 0.1) is 0 Å². The van der Waals surface area contributed by atoms with E-state index in [-0.39, 0.29) is 5.41 Å². The molecule has 0 saturated carbocycles. The number of hydrogen-bond donors (Lipinski definition) is 0. The van der Waals surface area contributed by atoms with Crippen LogP contribution < -0.4 is 4.90 Å². The van der Waals surface area contributed by atoms with Crippen LogP contribution in [0.2, 0.25) is 0 Å². The number of rotatable bonds is 7. The zero-order valence-corrected chi connectivity index (χ0v) is 33.9. The predicted molar refractivity (Wildman–Crippen MR) is 253 cm³/mol. The molecule has 0 unspecified atom stereocenters. The van der Waals surface area contributed by atoms with Crippen LogP contribution in [0.25, 0.3) is 75.8 Å². The molecule has 0 fully saturated rings. The second-order valence-corrected chi connectivity index (χ2v) is 17.2. The maximum absolute atomic E-state index is 2.43. The second-order valence-electron chi connectivity index (χ2n) is 16.1. The monoisotopic (exact) mass is 771 g/mol. The number of fused-ring (bicyclic) bond motifs is 6. The number of nitrogens with zero attached hydrogens (tertiary/aromatic N) is 1. The van der Waals surface area contributed by atoms with Crippen LogP contribution in [0.3, 0.4) is 0 Å². The van der Waals surface area contributed by atoms with Gasteiger partial charge in [-0.2, -0.15) is 0 Å². The topological polar surface area (TPSA) is 3.24 Å². The maximum Gasteiger partial charge on any atom is 0.0467 e. The lowest BCUT2D eigenvalue weighted by atomic mass is 9.82. The molecule has 0 atom stereocenters. The average Bonchev–Trinajstić information content (AvgIpc) is 3.79. The van der Waals surface area contributed by atoms with Gasteiger partial charge in [-0.3, -0.25) is 0 Å². The average molecular weight is 772 g/mol. The molecule has 280 valence electrons. The quantitative estimate of drug-likeness (QED) is 0.156. The van der Waals surface area contributed by atoms with Crippen LogP contribution in [-0.2, 0) is 5.41 Å². The van der Waals surface area contributed by atoms with E-state index in [1.54, 1.807) is 0 Å². The molecular weight excluding hydrogens is 731 g/mol. The molecule has 0 aliphatic heterocycles.